The minimum atomic E-state index is -0.560. The minimum Gasteiger partial charge on any atom is -0.464 e. The van der Waals surface area contributed by atoms with Crippen LogP contribution in [0.15, 0.2) is 28.7 Å². The van der Waals surface area contributed by atoms with Crippen LogP contribution in [-0.2, 0) is 11.2 Å². The van der Waals surface area contributed by atoms with E-state index in [0.717, 1.165) is 0 Å². The molecule has 0 unspecified atom stereocenters. The van der Waals surface area contributed by atoms with Gasteiger partial charge in [0, 0.05) is 11.3 Å². The molecule has 0 aliphatic rings. The number of carbonyl (C=O) groups is 2. The molecule has 3 rings (SSSR count). The predicted octanol–water partition coefficient (Wildman–Crippen LogP) is 3.63. The number of nitrogens with one attached hydrogen (secondary N) is 2. The predicted molar refractivity (Wildman–Crippen MR) is 98.9 cm³/mol. The zero-order valence-corrected chi connectivity index (χ0v) is 15.7. The molecular formula is C18H17ClN4O4. The second-order valence-corrected chi connectivity index (χ2v) is 6.01. The van der Waals surface area contributed by atoms with E-state index in [9.17, 15) is 9.59 Å². The van der Waals surface area contributed by atoms with Crippen LogP contribution in [0.3, 0.4) is 0 Å². The Balaban J connectivity index is 1.75. The van der Waals surface area contributed by atoms with E-state index >= 15 is 0 Å². The van der Waals surface area contributed by atoms with Crippen molar-refractivity contribution in [2.45, 2.75) is 20.3 Å². The van der Waals surface area contributed by atoms with Crippen molar-refractivity contribution in [3.05, 3.63) is 52.4 Å². The van der Waals surface area contributed by atoms with Crippen LogP contribution in [0.2, 0.25) is 5.15 Å². The molecule has 1 amide bonds. The number of carbonyl (C=O) groups excluding carboxylic acids is 2. The number of ether oxygens (including phenoxy) is 1. The monoisotopic (exact) mass is 388 g/mol. The molecule has 0 saturated carbocycles. The van der Waals surface area contributed by atoms with Gasteiger partial charge < -0.3 is 19.5 Å². The number of aromatic nitrogens is 3. The van der Waals surface area contributed by atoms with Crippen molar-refractivity contribution in [3.8, 4) is 11.5 Å². The third kappa shape index (κ3) is 3.85. The first-order chi connectivity index (χ1) is 12.9. The Morgan fingerprint density at radius 1 is 1.26 bits per heavy atom. The fraction of sp³-hybridized carbons (Fsp3) is 0.222. The van der Waals surface area contributed by atoms with Gasteiger partial charge in [-0.1, -0.05) is 18.5 Å². The largest absolute Gasteiger partial charge is 0.464 e. The van der Waals surface area contributed by atoms with E-state index in [1.165, 1.54) is 7.11 Å². The van der Waals surface area contributed by atoms with Crippen molar-refractivity contribution in [2.75, 3.05) is 12.4 Å². The number of nitrogens with zero attached hydrogens (tertiary/aromatic N) is 2. The molecule has 0 radical (unpaired) electrons. The summed E-state index contributed by atoms with van der Waals surface area (Å²) in [4.78, 5) is 34.9. The summed E-state index contributed by atoms with van der Waals surface area (Å²) in [6.45, 7) is 3.55. The number of esters is 1. The van der Waals surface area contributed by atoms with Crippen molar-refractivity contribution in [2.24, 2.45) is 0 Å². The van der Waals surface area contributed by atoms with Gasteiger partial charge in [-0.05, 0) is 37.6 Å². The van der Waals surface area contributed by atoms with Crippen LogP contribution in [0.4, 0.5) is 5.69 Å². The van der Waals surface area contributed by atoms with Crippen molar-refractivity contribution in [3.63, 3.8) is 0 Å². The van der Waals surface area contributed by atoms with Gasteiger partial charge in [-0.2, -0.15) is 0 Å². The Labute approximate surface area is 159 Å². The first-order valence-electron chi connectivity index (χ1n) is 8.14. The number of anilines is 1. The van der Waals surface area contributed by atoms with Gasteiger partial charge >= 0.3 is 5.97 Å². The lowest BCUT2D eigenvalue weighted by Gasteiger charge is -2.03. The lowest BCUT2D eigenvalue weighted by atomic mass is 10.2. The quantitative estimate of drug-likeness (QED) is 0.646. The Bertz CT molecular complexity index is 991. The Hall–Kier alpha value is -3.13. The zero-order chi connectivity index (χ0) is 19.6. The second kappa shape index (κ2) is 7.63. The lowest BCUT2D eigenvalue weighted by molar-refractivity contribution is 0.0592. The molecule has 2 aromatic heterocycles. The zero-order valence-electron chi connectivity index (χ0n) is 14.9. The van der Waals surface area contributed by atoms with Crippen LogP contribution in [0, 0.1) is 6.92 Å². The maximum absolute atomic E-state index is 12.3. The number of methoxy groups -OCH3 is 1. The first-order valence-corrected chi connectivity index (χ1v) is 8.52. The maximum atomic E-state index is 12.3. The highest BCUT2D eigenvalue weighted by Crippen LogP contribution is 2.24. The molecule has 0 atom stereocenters. The molecule has 9 heteroatoms. The van der Waals surface area contributed by atoms with E-state index in [2.05, 4.69) is 25.0 Å². The number of hydrogen-bond acceptors (Lipinski definition) is 6. The first kappa shape index (κ1) is 18.7. The van der Waals surface area contributed by atoms with E-state index < -0.39 is 11.9 Å². The average Bonchev–Trinajstić information content (AvgIpc) is 3.24. The summed E-state index contributed by atoms with van der Waals surface area (Å²) < 4.78 is 10.2. The second-order valence-electron chi connectivity index (χ2n) is 5.66. The maximum Gasteiger partial charge on any atom is 0.360 e. The molecule has 0 aliphatic heterocycles. The number of rotatable bonds is 5. The minimum absolute atomic E-state index is 0.131. The SMILES string of the molecule is CCc1[nH]c(C(=O)Nc2ccc(-c3nc(C(=O)OC)c(C)o3)cc2)nc1Cl. The van der Waals surface area contributed by atoms with E-state index in [0.29, 0.717) is 34.3 Å². The summed E-state index contributed by atoms with van der Waals surface area (Å²) in [5.41, 5.74) is 2.05. The van der Waals surface area contributed by atoms with Crippen molar-refractivity contribution < 1.29 is 18.7 Å². The van der Waals surface area contributed by atoms with E-state index in [4.69, 9.17) is 16.0 Å². The number of oxazole rings is 1. The molecule has 0 saturated heterocycles. The molecule has 0 fully saturated rings. The number of hydrogen-bond donors (Lipinski definition) is 2. The van der Waals surface area contributed by atoms with Gasteiger partial charge in [-0.15, -0.1) is 0 Å². The Morgan fingerprint density at radius 3 is 2.56 bits per heavy atom. The van der Waals surface area contributed by atoms with Gasteiger partial charge in [0.2, 0.25) is 5.89 Å². The molecule has 3 aromatic rings. The number of H-pyrrole nitrogens is 1. The number of benzene rings is 1. The fourth-order valence-corrected chi connectivity index (χ4v) is 2.69. The van der Waals surface area contributed by atoms with Crippen molar-refractivity contribution in [1.82, 2.24) is 15.0 Å². The standard InChI is InChI=1S/C18H17ClN4O4/c1-4-12-14(19)23-15(21-12)16(24)20-11-7-5-10(6-8-11)17-22-13(9(2)27-17)18(25)26-3/h5-8H,4H2,1-3H3,(H,20,24)(H,21,23). The molecule has 0 aliphatic carbocycles. The summed E-state index contributed by atoms with van der Waals surface area (Å²) in [6.07, 6.45) is 0.650. The summed E-state index contributed by atoms with van der Waals surface area (Å²) >= 11 is 5.96. The lowest BCUT2D eigenvalue weighted by Crippen LogP contribution is -2.13. The van der Waals surface area contributed by atoms with Gasteiger partial charge in [0.25, 0.3) is 5.91 Å². The van der Waals surface area contributed by atoms with Crippen molar-refractivity contribution >= 4 is 29.2 Å². The summed E-state index contributed by atoms with van der Waals surface area (Å²) in [7, 11) is 1.28. The molecule has 140 valence electrons. The van der Waals surface area contributed by atoms with Crippen LogP contribution < -0.4 is 5.32 Å². The smallest absolute Gasteiger partial charge is 0.360 e. The Kier molecular flexibility index (Phi) is 5.27. The highest BCUT2D eigenvalue weighted by molar-refractivity contribution is 6.30. The van der Waals surface area contributed by atoms with Gasteiger partial charge in [0.15, 0.2) is 16.7 Å². The topological polar surface area (TPSA) is 110 Å². The Morgan fingerprint density at radius 2 is 1.96 bits per heavy atom. The highest BCUT2D eigenvalue weighted by atomic mass is 35.5. The molecule has 0 spiro atoms. The molecular weight excluding hydrogens is 372 g/mol. The van der Waals surface area contributed by atoms with Crippen LogP contribution in [0.5, 0.6) is 0 Å². The average molecular weight is 389 g/mol. The molecule has 0 bridgehead atoms. The van der Waals surface area contributed by atoms with E-state index in [1.54, 1.807) is 31.2 Å². The molecule has 2 N–H and O–H groups in total. The number of imidazole rings is 1. The van der Waals surface area contributed by atoms with Gasteiger partial charge in [-0.25, -0.2) is 14.8 Å². The van der Waals surface area contributed by atoms with Gasteiger partial charge in [-0.3, -0.25) is 4.79 Å². The van der Waals surface area contributed by atoms with Gasteiger partial charge in [0.1, 0.15) is 5.76 Å². The van der Waals surface area contributed by atoms with Crippen LogP contribution in [-0.4, -0.2) is 33.9 Å². The third-order valence-electron chi connectivity index (χ3n) is 3.86. The molecule has 8 nitrogen and oxygen atoms in total. The normalized spacial score (nSPS) is 10.7. The number of aryl methyl sites for hydroxylation is 2. The van der Waals surface area contributed by atoms with Crippen LogP contribution in [0.1, 0.15) is 39.5 Å². The molecule has 2 heterocycles. The summed E-state index contributed by atoms with van der Waals surface area (Å²) in [5, 5.41) is 3.02. The van der Waals surface area contributed by atoms with E-state index in [1.807, 2.05) is 6.92 Å². The molecule has 1 aromatic carbocycles. The number of amides is 1. The third-order valence-corrected chi connectivity index (χ3v) is 4.17. The fourth-order valence-electron chi connectivity index (χ4n) is 2.42. The van der Waals surface area contributed by atoms with Crippen molar-refractivity contribution in [1.29, 1.82) is 0 Å². The highest BCUT2D eigenvalue weighted by Gasteiger charge is 2.19. The summed E-state index contributed by atoms with van der Waals surface area (Å²) in [6, 6.07) is 6.81. The van der Waals surface area contributed by atoms with Crippen LogP contribution in [0.25, 0.3) is 11.5 Å². The molecule has 27 heavy (non-hydrogen) atoms. The van der Waals surface area contributed by atoms with Gasteiger partial charge in [0.05, 0.1) is 12.8 Å². The number of aromatic amines is 1. The summed E-state index contributed by atoms with van der Waals surface area (Å²) in [5.74, 6) is -0.155. The van der Waals surface area contributed by atoms with Crippen LogP contribution >= 0.6 is 11.6 Å². The van der Waals surface area contributed by atoms with E-state index in [-0.39, 0.29) is 17.4 Å². The number of halogens is 1.